The lowest BCUT2D eigenvalue weighted by molar-refractivity contribution is -0.695. The number of nitrogens with one attached hydrogen (secondary N) is 2. The van der Waals surface area contributed by atoms with Gasteiger partial charge >= 0.3 is 5.97 Å². The molecule has 1 amide bonds. The minimum Gasteiger partial charge on any atom is -0.507 e. The number of hydrogen-bond donors (Lipinski definition) is 3. The van der Waals surface area contributed by atoms with Crippen LogP contribution in [0.1, 0.15) is 52.5 Å². The molecule has 3 N–H and O–H groups in total. The van der Waals surface area contributed by atoms with E-state index in [9.17, 15) is 19.5 Å². The maximum absolute atomic E-state index is 13.1. The Labute approximate surface area is 195 Å². The number of ether oxygens (including phenoxy) is 1. The van der Waals surface area contributed by atoms with Gasteiger partial charge in [0, 0.05) is 24.2 Å². The second-order valence-electron chi connectivity index (χ2n) is 8.06. The van der Waals surface area contributed by atoms with Crippen LogP contribution in [0.5, 0.6) is 0 Å². The highest BCUT2D eigenvalue weighted by Gasteiger charge is 2.47. The minimum absolute atomic E-state index is 0.0742. The topological polar surface area (TPSA) is 133 Å². The van der Waals surface area contributed by atoms with Gasteiger partial charge in [0.15, 0.2) is 0 Å². The summed E-state index contributed by atoms with van der Waals surface area (Å²) in [5.74, 6) is -2.06. The molecule has 0 bridgehead atoms. The minimum atomic E-state index is -0.883. The molecule has 4 rings (SSSR count). The number of aliphatic hydroxyl groups is 1. The van der Waals surface area contributed by atoms with Crippen molar-refractivity contribution < 1.29 is 33.2 Å². The third-order valence-electron chi connectivity index (χ3n) is 5.92. The average molecular weight is 468 g/mol. The number of Topliss-reactive ketones (excluding diaryl/α,β-unsaturated/α-hetero) is 1. The molecule has 1 aliphatic heterocycles. The molecule has 4 heterocycles. The number of furan rings is 1. The zero-order chi connectivity index (χ0) is 24.4. The maximum atomic E-state index is 13.1. The number of ketones is 1. The van der Waals surface area contributed by atoms with Crippen LogP contribution in [0, 0.1) is 13.8 Å². The first kappa shape index (κ1) is 23.1. The summed E-state index contributed by atoms with van der Waals surface area (Å²) < 4.78 is 12.6. The van der Waals surface area contributed by atoms with Gasteiger partial charge in [0.1, 0.15) is 35.6 Å². The molecule has 1 fully saturated rings. The summed E-state index contributed by atoms with van der Waals surface area (Å²) in [5, 5.41) is 11.3. The molecule has 1 atom stereocenters. The number of esters is 1. The predicted molar refractivity (Wildman–Crippen MR) is 120 cm³/mol. The highest BCUT2D eigenvalue weighted by molar-refractivity contribution is 6.46. The number of hydrogen-bond acceptors (Lipinski definition) is 6. The third kappa shape index (κ3) is 4.02. The van der Waals surface area contributed by atoms with Crippen LogP contribution in [0.4, 0.5) is 0 Å². The van der Waals surface area contributed by atoms with Crippen LogP contribution in [0.25, 0.3) is 5.76 Å². The molecule has 3 aromatic rings. The number of rotatable bonds is 8. The molecule has 34 heavy (non-hydrogen) atoms. The Morgan fingerprint density at radius 2 is 2.12 bits per heavy atom. The summed E-state index contributed by atoms with van der Waals surface area (Å²) in [4.78, 5) is 45.8. The number of aromatic amines is 2. The summed E-state index contributed by atoms with van der Waals surface area (Å²) in [6.07, 6.45) is 7.51. The zero-order valence-electron chi connectivity index (χ0n) is 19.3. The molecule has 0 radical (unpaired) electrons. The van der Waals surface area contributed by atoms with Gasteiger partial charge in [-0.15, -0.1) is 0 Å². The number of aliphatic hydroxyl groups excluding tert-OH is 1. The van der Waals surface area contributed by atoms with Crippen molar-refractivity contribution in [2.24, 2.45) is 0 Å². The second-order valence-corrected chi connectivity index (χ2v) is 8.06. The number of likely N-dealkylation sites (tertiary alicyclic amines) is 1. The van der Waals surface area contributed by atoms with Crippen molar-refractivity contribution >= 4 is 23.4 Å². The van der Waals surface area contributed by atoms with Crippen LogP contribution in [0.3, 0.4) is 0 Å². The fraction of sp³-hybridized carbons (Fsp3) is 0.333. The Hall–Kier alpha value is -4.08. The van der Waals surface area contributed by atoms with Crippen LogP contribution in [0.15, 0.2) is 47.1 Å². The first-order valence-electron chi connectivity index (χ1n) is 11.0. The lowest BCUT2D eigenvalue weighted by atomic mass is 9.97. The van der Waals surface area contributed by atoms with E-state index in [2.05, 4.69) is 9.97 Å². The van der Waals surface area contributed by atoms with Crippen molar-refractivity contribution in [2.45, 2.75) is 39.8 Å². The Balaban J connectivity index is 1.74. The molecule has 10 nitrogen and oxygen atoms in total. The van der Waals surface area contributed by atoms with Crippen LogP contribution in [0.2, 0.25) is 0 Å². The lowest BCUT2D eigenvalue weighted by Crippen LogP contribution is -2.35. The highest BCUT2D eigenvalue weighted by atomic mass is 16.5. The average Bonchev–Trinajstić information content (AvgIpc) is 3.59. The van der Waals surface area contributed by atoms with Crippen molar-refractivity contribution in [3.8, 4) is 0 Å². The van der Waals surface area contributed by atoms with Gasteiger partial charge in [0.2, 0.25) is 6.33 Å². The second kappa shape index (κ2) is 9.42. The Morgan fingerprint density at radius 1 is 1.32 bits per heavy atom. The Morgan fingerprint density at radius 3 is 2.76 bits per heavy atom. The van der Waals surface area contributed by atoms with E-state index >= 15 is 0 Å². The lowest BCUT2D eigenvalue weighted by Gasteiger charge is -2.23. The van der Waals surface area contributed by atoms with Gasteiger partial charge in [-0.2, -0.15) is 0 Å². The predicted octanol–water partition coefficient (Wildman–Crippen LogP) is 2.53. The van der Waals surface area contributed by atoms with Crippen molar-refractivity contribution in [3.05, 3.63) is 71.0 Å². The number of carbonyl (C=O) groups excluding carboxylic acids is 3. The molecular weight excluding hydrogens is 440 g/mol. The molecular formula is C24H27N4O6+. The molecule has 3 aromatic heterocycles. The summed E-state index contributed by atoms with van der Waals surface area (Å²) in [7, 11) is 0. The molecule has 178 valence electrons. The van der Waals surface area contributed by atoms with E-state index in [1.165, 1.54) is 11.2 Å². The van der Waals surface area contributed by atoms with E-state index in [-0.39, 0.29) is 30.2 Å². The molecule has 0 spiro atoms. The Kier molecular flexibility index (Phi) is 6.40. The van der Waals surface area contributed by atoms with Crippen LogP contribution < -0.4 is 4.57 Å². The molecule has 1 aliphatic rings. The summed E-state index contributed by atoms with van der Waals surface area (Å²) >= 11 is 0. The van der Waals surface area contributed by atoms with Gasteiger partial charge in [-0.1, -0.05) is 0 Å². The van der Waals surface area contributed by atoms with E-state index in [0.717, 1.165) is 0 Å². The van der Waals surface area contributed by atoms with Gasteiger partial charge in [-0.3, -0.25) is 14.6 Å². The number of nitrogens with zero attached hydrogens (tertiary/aromatic N) is 2. The molecule has 1 saturated heterocycles. The fourth-order valence-electron chi connectivity index (χ4n) is 4.38. The Bertz CT molecular complexity index is 1240. The number of amides is 1. The fourth-order valence-corrected chi connectivity index (χ4v) is 4.38. The zero-order valence-corrected chi connectivity index (χ0v) is 19.3. The quantitative estimate of drug-likeness (QED) is 0.153. The van der Waals surface area contributed by atoms with Gasteiger partial charge in [-0.25, -0.2) is 9.36 Å². The first-order valence-corrected chi connectivity index (χ1v) is 11.0. The van der Waals surface area contributed by atoms with Crippen LogP contribution in [-0.2, 0) is 20.9 Å². The molecule has 0 aliphatic carbocycles. The van der Waals surface area contributed by atoms with Crippen molar-refractivity contribution in [1.82, 2.24) is 14.9 Å². The van der Waals surface area contributed by atoms with Crippen molar-refractivity contribution in [1.29, 1.82) is 0 Å². The van der Waals surface area contributed by atoms with Gasteiger partial charge in [0.25, 0.3) is 11.7 Å². The van der Waals surface area contributed by atoms with E-state index in [4.69, 9.17) is 9.15 Å². The number of imidazole rings is 1. The SMILES string of the molecule is CCOC(=O)c1[nH]c(C)c(C(O)=C2C(=O)C(=O)N(CCC[n+]3cc[nH]c3)C2c2ccco2)c1C. The van der Waals surface area contributed by atoms with Gasteiger partial charge in [-0.05, 0) is 38.5 Å². The number of aryl methyl sites for hydroxylation is 2. The van der Waals surface area contributed by atoms with Crippen LogP contribution >= 0.6 is 0 Å². The molecule has 0 aromatic carbocycles. The standard InChI is InChI=1S/C24H26N4O6/c1-4-33-24(32)19-14(2)17(15(3)26-19)21(29)18-20(16-7-5-12-34-16)28(23(31)22(18)30)10-6-9-27-11-8-25-13-27/h5,7-8,11-13,20H,4,6,9-10H2,1-3H3,(H2,26,29,30,32)/p+1. The molecule has 1 unspecified atom stereocenters. The first-order chi connectivity index (χ1) is 16.3. The van der Waals surface area contributed by atoms with Crippen molar-refractivity contribution in [3.63, 3.8) is 0 Å². The van der Waals surface area contributed by atoms with E-state index in [1.54, 1.807) is 45.4 Å². The van der Waals surface area contributed by atoms with E-state index < -0.39 is 23.7 Å². The van der Waals surface area contributed by atoms with Crippen molar-refractivity contribution in [2.75, 3.05) is 13.2 Å². The molecule has 10 heteroatoms. The number of carbonyl (C=O) groups is 3. The molecule has 0 saturated carbocycles. The summed E-state index contributed by atoms with van der Waals surface area (Å²) in [6, 6.07) is 2.45. The van der Waals surface area contributed by atoms with E-state index in [0.29, 0.717) is 35.5 Å². The van der Waals surface area contributed by atoms with Crippen LogP contribution in [-0.4, -0.2) is 50.8 Å². The third-order valence-corrected chi connectivity index (χ3v) is 5.92. The number of aromatic nitrogens is 3. The maximum Gasteiger partial charge on any atom is 0.355 e. The summed E-state index contributed by atoms with van der Waals surface area (Å²) in [5.41, 5.74) is 1.32. The van der Waals surface area contributed by atoms with Gasteiger partial charge in [0.05, 0.1) is 25.0 Å². The summed E-state index contributed by atoms with van der Waals surface area (Å²) in [6.45, 7) is 6.14. The largest absolute Gasteiger partial charge is 0.507 e. The van der Waals surface area contributed by atoms with Gasteiger partial charge < -0.3 is 24.1 Å². The van der Waals surface area contributed by atoms with E-state index in [1.807, 2.05) is 10.8 Å². The number of H-pyrrole nitrogens is 2. The monoisotopic (exact) mass is 467 g/mol. The highest BCUT2D eigenvalue weighted by Crippen LogP contribution is 2.41. The smallest absolute Gasteiger partial charge is 0.355 e. The normalized spacial score (nSPS) is 17.5.